The number of carbonyl (C=O) groups excluding carboxylic acids is 1. The highest BCUT2D eigenvalue weighted by atomic mass is 32.1. The summed E-state index contributed by atoms with van der Waals surface area (Å²) in [7, 11) is 0. The van der Waals surface area contributed by atoms with Crippen molar-refractivity contribution in [1.82, 2.24) is 0 Å². The summed E-state index contributed by atoms with van der Waals surface area (Å²) in [6.45, 7) is 4.42. The highest BCUT2D eigenvalue weighted by Crippen LogP contribution is 2.40. The molecule has 1 aromatic heterocycles. The Labute approximate surface area is 144 Å². The quantitative estimate of drug-likeness (QED) is 0.882. The summed E-state index contributed by atoms with van der Waals surface area (Å²) < 4.78 is 5.37. The topological polar surface area (TPSA) is 75.6 Å². The van der Waals surface area contributed by atoms with Crippen molar-refractivity contribution in [3.63, 3.8) is 0 Å². The van der Waals surface area contributed by atoms with Gasteiger partial charge in [0.25, 0.3) is 5.91 Å². The first kappa shape index (κ1) is 16.7. The molecular formula is C18H19NO4S. The van der Waals surface area contributed by atoms with Gasteiger partial charge in [-0.15, -0.1) is 11.3 Å². The summed E-state index contributed by atoms with van der Waals surface area (Å²) in [6, 6.07) is 7.70. The Balaban J connectivity index is 1.98. The summed E-state index contributed by atoms with van der Waals surface area (Å²) >= 11 is 1.29. The predicted octanol–water partition coefficient (Wildman–Crippen LogP) is 3.85. The number of aryl methyl sites for hydroxylation is 2. The molecule has 24 heavy (non-hydrogen) atoms. The molecule has 5 nitrogen and oxygen atoms in total. The monoisotopic (exact) mass is 345 g/mol. The molecule has 1 aromatic carbocycles. The molecule has 1 aliphatic heterocycles. The average molecular weight is 345 g/mol. The summed E-state index contributed by atoms with van der Waals surface area (Å²) in [4.78, 5) is 25.0. The van der Waals surface area contributed by atoms with Crippen LogP contribution in [-0.4, -0.2) is 29.7 Å². The van der Waals surface area contributed by atoms with Crippen molar-refractivity contribution in [3.05, 3.63) is 40.3 Å². The summed E-state index contributed by atoms with van der Waals surface area (Å²) in [5.74, 6) is -1.32. The molecule has 1 saturated heterocycles. The van der Waals surface area contributed by atoms with Gasteiger partial charge in [-0.05, 0) is 32.3 Å². The van der Waals surface area contributed by atoms with Gasteiger partial charge >= 0.3 is 5.97 Å². The second kappa shape index (κ2) is 6.75. The van der Waals surface area contributed by atoms with Gasteiger partial charge in [-0.2, -0.15) is 0 Å². The third-order valence-corrected chi connectivity index (χ3v) is 5.12. The van der Waals surface area contributed by atoms with Gasteiger partial charge in [0.05, 0.1) is 0 Å². The van der Waals surface area contributed by atoms with E-state index in [-0.39, 0.29) is 11.5 Å². The van der Waals surface area contributed by atoms with Crippen LogP contribution in [0.15, 0.2) is 24.3 Å². The van der Waals surface area contributed by atoms with Crippen molar-refractivity contribution in [3.8, 4) is 11.1 Å². The Morgan fingerprint density at radius 3 is 2.54 bits per heavy atom. The largest absolute Gasteiger partial charge is 0.478 e. The SMILES string of the molecule is Cc1ccc(-c2c(C)sc(NC(=O)C3CCCO3)c2C(=O)O)cc1. The van der Waals surface area contributed by atoms with Gasteiger partial charge in [0.15, 0.2) is 0 Å². The van der Waals surface area contributed by atoms with Gasteiger partial charge in [-0.25, -0.2) is 4.79 Å². The van der Waals surface area contributed by atoms with Gasteiger partial charge in [0.2, 0.25) is 0 Å². The van der Waals surface area contributed by atoms with Crippen molar-refractivity contribution < 1.29 is 19.4 Å². The van der Waals surface area contributed by atoms with Crippen molar-refractivity contribution in [1.29, 1.82) is 0 Å². The normalized spacial score (nSPS) is 17.0. The number of aromatic carboxylic acids is 1. The van der Waals surface area contributed by atoms with Gasteiger partial charge < -0.3 is 15.2 Å². The molecule has 1 atom stereocenters. The van der Waals surface area contributed by atoms with Gasteiger partial charge in [0, 0.05) is 17.0 Å². The molecule has 126 valence electrons. The molecule has 2 heterocycles. The first-order chi connectivity index (χ1) is 11.5. The van der Waals surface area contributed by atoms with Crippen LogP contribution >= 0.6 is 11.3 Å². The lowest BCUT2D eigenvalue weighted by Crippen LogP contribution is -2.27. The van der Waals surface area contributed by atoms with E-state index in [1.807, 2.05) is 38.1 Å². The van der Waals surface area contributed by atoms with Gasteiger partial charge in [-0.1, -0.05) is 29.8 Å². The fraction of sp³-hybridized carbons (Fsp3) is 0.333. The Morgan fingerprint density at radius 1 is 1.25 bits per heavy atom. The number of benzene rings is 1. The first-order valence-electron chi connectivity index (χ1n) is 7.83. The van der Waals surface area contributed by atoms with E-state index in [1.165, 1.54) is 11.3 Å². The highest BCUT2D eigenvalue weighted by Gasteiger charge is 2.28. The number of carboxylic acid groups (broad SMARTS) is 1. The third-order valence-electron chi connectivity index (χ3n) is 4.10. The maximum Gasteiger partial charge on any atom is 0.339 e. The number of anilines is 1. The zero-order chi connectivity index (χ0) is 17.3. The minimum absolute atomic E-state index is 0.146. The molecule has 6 heteroatoms. The lowest BCUT2D eigenvalue weighted by Gasteiger charge is -2.10. The van der Waals surface area contributed by atoms with Crippen molar-refractivity contribution in [2.75, 3.05) is 11.9 Å². The van der Waals surface area contributed by atoms with E-state index < -0.39 is 12.1 Å². The summed E-state index contributed by atoms with van der Waals surface area (Å²) in [5.41, 5.74) is 2.75. The third kappa shape index (κ3) is 3.20. The van der Waals surface area contributed by atoms with Gasteiger partial charge in [-0.3, -0.25) is 4.79 Å². The van der Waals surface area contributed by atoms with E-state index in [2.05, 4.69) is 5.32 Å². The molecule has 1 unspecified atom stereocenters. The molecule has 0 spiro atoms. The Kier molecular flexibility index (Phi) is 4.69. The average Bonchev–Trinajstić information content (AvgIpc) is 3.16. The number of thiophene rings is 1. The van der Waals surface area contributed by atoms with Crippen molar-refractivity contribution in [2.45, 2.75) is 32.8 Å². The Bertz CT molecular complexity index is 773. The molecule has 0 bridgehead atoms. The molecule has 2 N–H and O–H groups in total. The molecule has 0 radical (unpaired) electrons. The van der Waals surface area contributed by atoms with Crippen LogP contribution in [0, 0.1) is 13.8 Å². The first-order valence-corrected chi connectivity index (χ1v) is 8.65. The second-order valence-corrected chi connectivity index (χ2v) is 7.12. The standard InChI is InChI=1S/C18H19NO4S/c1-10-5-7-12(8-6-10)14-11(2)24-17(15(14)18(21)22)19-16(20)13-4-3-9-23-13/h5-8,13H,3-4,9H2,1-2H3,(H,19,20)(H,21,22). The Morgan fingerprint density at radius 2 is 1.96 bits per heavy atom. The number of hydrogen-bond acceptors (Lipinski definition) is 4. The molecule has 3 rings (SSSR count). The van der Waals surface area contributed by atoms with Crippen LogP contribution in [0.1, 0.15) is 33.6 Å². The number of amides is 1. The van der Waals surface area contributed by atoms with Crippen LogP contribution < -0.4 is 5.32 Å². The number of carbonyl (C=O) groups is 2. The minimum Gasteiger partial charge on any atom is -0.478 e. The lowest BCUT2D eigenvalue weighted by atomic mass is 10.0. The van der Waals surface area contributed by atoms with Crippen molar-refractivity contribution in [2.24, 2.45) is 0 Å². The van der Waals surface area contributed by atoms with Crippen LogP contribution in [0.3, 0.4) is 0 Å². The molecular weight excluding hydrogens is 326 g/mol. The highest BCUT2D eigenvalue weighted by molar-refractivity contribution is 7.17. The van der Waals surface area contributed by atoms with Gasteiger partial charge in [0.1, 0.15) is 16.7 Å². The number of carboxylic acids is 1. The van der Waals surface area contributed by atoms with E-state index in [4.69, 9.17) is 4.74 Å². The lowest BCUT2D eigenvalue weighted by molar-refractivity contribution is -0.124. The van der Waals surface area contributed by atoms with E-state index >= 15 is 0 Å². The molecule has 2 aromatic rings. The minimum atomic E-state index is -1.04. The maximum atomic E-state index is 12.3. The van der Waals surface area contributed by atoms with Crippen LogP contribution in [-0.2, 0) is 9.53 Å². The van der Waals surface area contributed by atoms with Crippen LogP contribution in [0.25, 0.3) is 11.1 Å². The zero-order valence-electron chi connectivity index (χ0n) is 13.6. The van der Waals surface area contributed by atoms with Crippen LogP contribution in [0.5, 0.6) is 0 Å². The maximum absolute atomic E-state index is 12.3. The molecule has 0 aliphatic carbocycles. The zero-order valence-corrected chi connectivity index (χ0v) is 14.4. The number of nitrogens with one attached hydrogen (secondary N) is 1. The number of hydrogen-bond donors (Lipinski definition) is 2. The summed E-state index contributed by atoms with van der Waals surface area (Å²) in [6.07, 6.45) is 1.03. The van der Waals surface area contributed by atoms with Crippen molar-refractivity contribution >= 4 is 28.2 Å². The fourth-order valence-corrected chi connectivity index (χ4v) is 3.95. The molecule has 1 amide bonds. The summed E-state index contributed by atoms with van der Waals surface area (Å²) in [5, 5.41) is 12.8. The smallest absolute Gasteiger partial charge is 0.339 e. The molecule has 1 aliphatic rings. The number of rotatable bonds is 4. The van der Waals surface area contributed by atoms with E-state index in [0.717, 1.165) is 22.4 Å². The predicted molar refractivity (Wildman–Crippen MR) is 93.8 cm³/mol. The van der Waals surface area contributed by atoms with Crippen LogP contribution in [0.4, 0.5) is 5.00 Å². The number of ether oxygens (including phenoxy) is 1. The Hall–Kier alpha value is -2.18. The van der Waals surface area contributed by atoms with E-state index in [9.17, 15) is 14.7 Å². The van der Waals surface area contributed by atoms with E-state index in [0.29, 0.717) is 23.6 Å². The molecule has 1 fully saturated rings. The second-order valence-electron chi connectivity index (χ2n) is 5.90. The van der Waals surface area contributed by atoms with Crippen LogP contribution in [0.2, 0.25) is 0 Å². The molecule has 0 saturated carbocycles. The van der Waals surface area contributed by atoms with E-state index in [1.54, 1.807) is 0 Å². The fourth-order valence-electron chi connectivity index (χ4n) is 2.88.